The standard InChI is InChI=1S/C24H20BrN3O2/c25-22-7-3-5-20(27-22)24(30)28-13-12-15-8-9-16(23(29)26-17-10-11-17)14-19(15)18-4-1-2-6-21(18)28/h1-9,14,17H,10-13H2,(H,26,29). The first-order chi connectivity index (χ1) is 14.6. The lowest BCUT2D eigenvalue weighted by atomic mass is 9.95. The number of carbonyl (C=O) groups is 2. The van der Waals surface area contributed by atoms with Gasteiger partial charge in [0.05, 0.1) is 5.69 Å². The van der Waals surface area contributed by atoms with Crippen molar-refractivity contribution in [3.8, 4) is 11.1 Å². The van der Waals surface area contributed by atoms with Crippen molar-refractivity contribution in [1.82, 2.24) is 10.3 Å². The van der Waals surface area contributed by atoms with E-state index in [4.69, 9.17) is 0 Å². The summed E-state index contributed by atoms with van der Waals surface area (Å²) in [5.41, 5.74) is 4.98. The predicted molar refractivity (Wildman–Crippen MR) is 120 cm³/mol. The van der Waals surface area contributed by atoms with Crippen LogP contribution >= 0.6 is 15.9 Å². The van der Waals surface area contributed by atoms with E-state index in [9.17, 15) is 9.59 Å². The van der Waals surface area contributed by atoms with E-state index in [1.54, 1.807) is 17.0 Å². The number of nitrogens with one attached hydrogen (secondary N) is 1. The average molecular weight is 462 g/mol. The van der Waals surface area contributed by atoms with Gasteiger partial charge in [0.2, 0.25) is 0 Å². The predicted octanol–water partition coefficient (Wildman–Crippen LogP) is 4.61. The minimum Gasteiger partial charge on any atom is -0.349 e. The number of nitrogens with zero attached hydrogens (tertiary/aromatic N) is 2. The molecule has 0 atom stereocenters. The molecule has 1 aromatic heterocycles. The lowest BCUT2D eigenvalue weighted by Crippen LogP contribution is -2.33. The van der Waals surface area contributed by atoms with Gasteiger partial charge in [-0.3, -0.25) is 9.59 Å². The average Bonchev–Trinajstić information content (AvgIpc) is 3.59. The highest BCUT2D eigenvalue weighted by molar-refractivity contribution is 9.10. The van der Waals surface area contributed by atoms with Gasteiger partial charge < -0.3 is 10.2 Å². The molecule has 2 aromatic carbocycles. The maximum atomic E-state index is 13.3. The molecule has 5 rings (SSSR count). The summed E-state index contributed by atoms with van der Waals surface area (Å²) in [6.45, 7) is 0.546. The van der Waals surface area contributed by atoms with Crippen LogP contribution in [0.2, 0.25) is 0 Å². The van der Waals surface area contributed by atoms with Crippen LogP contribution in [0.25, 0.3) is 11.1 Å². The molecular formula is C24H20BrN3O2. The first-order valence-corrected chi connectivity index (χ1v) is 10.9. The van der Waals surface area contributed by atoms with E-state index in [2.05, 4.69) is 26.2 Å². The number of hydrogen-bond donors (Lipinski definition) is 1. The van der Waals surface area contributed by atoms with Gasteiger partial charge in [0, 0.05) is 23.7 Å². The van der Waals surface area contributed by atoms with Crippen LogP contribution in [0.3, 0.4) is 0 Å². The quantitative estimate of drug-likeness (QED) is 0.579. The Kier molecular flexibility index (Phi) is 4.87. The summed E-state index contributed by atoms with van der Waals surface area (Å²) < 4.78 is 0.631. The number of pyridine rings is 1. The van der Waals surface area contributed by atoms with E-state index in [1.165, 1.54) is 0 Å². The molecule has 2 heterocycles. The van der Waals surface area contributed by atoms with E-state index >= 15 is 0 Å². The van der Waals surface area contributed by atoms with Crippen molar-refractivity contribution in [1.29, 1.82) is 0 Å². The second-order valence-electron chi connectivity index (χ2n) is 7.69. The zero-order valence-corrected chi connectivity index (χ0v) is 17.9. The molecule has 0 unspecified atom stereocenters. The molecule has 0 saturated heterocycles. The maximum absolute atomic E-state index is 13.3. The molecule has 1 aliphatic carbocycles. The SMILES string of the molecule is O=C(NC1CC1)c1ccc2c(c1)-c1ccccc1N(C(=O)c1cccc(Br)n1)CC2. The highest BCUT2D eigenvalue weighted by Crippen LogP contribution is 2.37. The van der Waals surface area contributed by atoms with Gasteiger partial charge in [-0.2, -0.15) is 0 Å². The second-order valence-corrected chi connectivity index (χ2v) is 8.50. The molecule has 30 heavy (non-hydrogen) atoms. The molecule has 0 bridgehead atoms. The second kappa shape index (κ2) is 7.69. The van der Waals surface area contributed by atoms with Crippen molar-refractivity contribution < 1.29 is 9.59 Å². The van der Waals surface area contributed by atoms with Crippen molar-refractivity contribution in [3.05, 3.63) is 82.1 Å². The van der Waals surface area contributed by atoms with Gasteiger partial charge in [-0.15, -0.1) is 0 Å². The van der Waals surface area contributed by atoms with Gasteiger partial charge in [-0.05, 0) is 76.7 Å². The fourth-order valence-electron chi connectivity index (χ4n) is 3.85. The summed E-state index contributed by atoms with van der Waals surface area (Å²) in [7, 11) is 0. The highest BCUT2D eigenvalue weighted by atomic mass is 79.9. The Morgan fingerprint density at radius 1 is 1.00 bits per heavy atom. The van der Waals surface area contributed by atoms with E-state index < -0.39 is 0 Å². The zero-order valence-electron chi connectivity index (χ0n) is 16.3. The number of carbonyl (C=O) groups excluding carboxylic acids is 2. The van der Waals surface area contributed by atoms with Crippen LogP contribution in [0.4, 0.5) is 5.69 Å². The molecule has 3 aromatic rings. The third-order valence-corrected chi connectivity index (χ3v) is 6.00. The van der Waals surface area contributed by atoms with Crippen molar-refractivity contribution in [2.45, 2.75) is 25.3 Å². The van der Waals surface area contributed by atoms with Crippen LogP contribution in [-0.4, -0.2) is 29.4 Å². The van der Waals surface area contributed by atoms with Crippen LogP contribution in [-0.2, 0) is 6.42 Å². The van der Waals surface area contributed by atoms with Crippen LogP contribution < -0.4 is 10.2 Å². The molecule has 1 aliphatic heterocycles. The van der Waals surface area contributed by atoms with Crippen LogP contribution in [0.5, 0.6) is 0 Å². The Morgan fingerprint density at radius 2 is 1.83 bits per heavy atom. The number of anilines is 1. The Bertz CT molecular complexity index is 1160. The van der Waals surface area contributed by atoms with E-state index in [0.717, 1.165) is 35.2 Å². The Balaban J connectivity index is 1.55. The van der Waals surface area contributed by atoms with E-state index in [1.807, 2.05) is 48.5 Å². The molecule has 2 aliphatic rings. The number of para-hydroxylation sites is 1. The monoisotopic (exact) mass is 461 g/mol. The van der Waals surface area contributed by atoms with Crippen LogP contribution in [0, 0.1) is 0 Å². The van der Waals surface area contributed by atoms with Crippen molar-refractivity contribution >= 4 is 33.4 Å². The first-order valence-electron chi connectivity index (χ1n) is 10.1. The maximum Gasteiger partial charge on any atom is 0.276 e. The molecule has 150 valence electrons. The molecule has 1 fully saturated rings. The minimum atomic E-state index is -0.136. The summed E-state index contributed by atoms with van der Waals surface area (Å²) in [6, 6.07) is 19.4. The molecular weight excluding hydrogens is 442 g/mol. The third kappa shape index (κ3) is 3.63. The summed E-state index contributed by atoms with van der Waals surface area (Å²) >= 11 is 3.35. The zero-order chi connectivity index (χ0) is 20.7. The number of aromatic nitrogens is 1. The fourth-order valence-corrected chi connectivity index (χ4v) is 4.19. The van der Waals surface area contributed by atoms with Crippen molar-refractivity contribution in [3.63, 3.8) is 0 Å². The van der Waals surface area contributed by atoms with Gasteiger partial charge >= 0.3 is 0 Å². The molecule has 0 spiro atoms. The van der Waals surface area contributed by atoms with Gasteiger partial charge in [0.25, 0.3) is 11.8 Å². The normalized spacial score (nSPS) is 15.0. The lowest BCUT2D eigenvalue weighted by molar-refractivity contribution is 0.0949. The molecule has 1 N–H and O–H groups in total. The molecule has 0 radical (unpaired) electrons. The van der Waals surface area contributed by atoms with Gasteiger partial charge in [0.15, 0.2) is 0 Å². The summed E-state index contributed by atoms with van der Waals surface area (Å²) in [5, 5.41) is 3.05. The van der Waals surface area contributed by atoms with E-state index in [0.29, 0.717) is 34.9 Å². The first kappa shape index (κ1) is 19.0. The van der Waals surface area contributed by atoms with Crippen molar-refractivity contribution in [2.75, 3.05) is 11.4 Å². The number of benzene rings is 2. The minimum absolute atomic E-state index is 0.0340. The fraction of sp³-hybridized carbons (Fsp3) is 0.208. The third-order valence-electron chi connectivity index (χ3n) is 5.55. The topological polar surface area (TPSA) is 62.3 Å². The summed E-state index contributed by atoms with van der Waals surface area (Å²) in [6.07, 6.45) is 2.81. The van der Waals surface area contributed by atoms with Gasteiger partial charge in [-0.25, -0.2) is 4.98 Å². The van der Waals surface area contributed by atoms with Gasteiger partial charge in [0.1, 0.15) is 10.3 Å². The largest absolute Gasteiger partial charge is 0.349 e. The van der Waals surface area contributed by atoms with E-state index in [-0.39, 0.29) is 11.8 Å². The smallest absolute Gasteiger partial charge is 0.276 e. The van der Waals surface area contributed by atoms with Crippen LogP contribution in [0.15, 0.2) is 65.3 Å². The van der Waals surface area contributed by atoms with Gasteiger partial charge in [-0.1, -0.05) is 30.3 Å². The molecule has 6 heteroatoms. The number of amides is 2. The van der Waals surface area contributed by atoms with Crippen LogP contribution in [0.1, 0.15) is 39.3 Å². The molecule has 2 amide bonds. The number of rotatable bonds is 3. The number of halogens is 1. The summed E-state index contributed by atoms with van der Waals surface area (Å²) in [4.78, 5) is 32.0. The highest BCUT2D eigenvalue weighted by Gasteiger charge is 2.27. The lowest BCUT2D eigenvalue weighted by Gasteiger charge is -2.22. The number of hydrogen-bond acceptors (Lipinski definition) is 3. The van der Waals surface area contributed by atoms with Crippen molar-refractivity contribution in [2.24, 2.45) is 0 Å². The molecule has 5 nitrogen and oxygen atoms in total. The Hall–Kier alpha value is -2.99. The summed E-state index contributed by atoms with van der Waals surface area (Å²) in [5.74, 6) is -0.170. The number of fused-ring (bicyclic) bond motifs is 3. The Morgan fingerprint density at radius 3 is 2.63 bits per heavy atom. The Labute approximate surface area is 183 Å². The molecule has 1 saturated carbocycles.